The molecule has 0 bridgehead atoms. The van der Waals surface area contributed by atoms with Gasteiger partial charge in [-0.05, 0) is 48.1 Å². The van der Waals surface area contributed by atoms with Crippen molar-refractivity contribution >= 4 is 22.8 Å². The number of halogens is 1. The number of carbonyl (C=O) groups excluding carboxylic acids is 1. The van der Waals surface area contributed by atoms with Gasteiger partial charge in [-0.1, -0.05) is 24.3 Å². The van der Waals surface area contributed by atoms with Crippen LogP contribution >= 0.6 is 11.3 Å². The smallest absolute Gasteiger partial charge is 0.236 e. The molecule has 1 aliphatic rings. The summed E-state index contributed by atoms with van der Waals surface area (Å²) >= 11 is 1.56. The van der Waals surface area contributed by atoms with E-state index in [0.717, 1.165) is 22.4 Å². The van der Waals surface area contributed by atoms with E-state index in [1.807, 2.05) is 35.4 Å². The lowest BCUT2D eigenvalue weighted by Crippen LogP contribution is -2.35. The van der Waals surface area contributed by atoms with Gasteiger partial charge in [0.25, 0.3) is 0 Å². The maximum Gasteiger partial charge on any atom is 0.236 e. The number of hydrogen-bond acceptors (Lipinski definition) is 4. The van der Waals surface area contributed by atoms with E-state index in [1.165, 1.54) is 12.1 Å². The first kappa shape index (κ1) is 17.7. The van der Waals surface area contributed by atoms with Crippen LogP contribution in [0.5, 0.6) is 0 Å². The van der Waals surface area contributed by atoms with Crippen LogP contribution in [0.15, 0.2) is 52.3 Å². The highest BCUT2D eigenvalue weighted by molar-refractivity contribution is 7.13. The average Bonchev–Trinajstić information content (AvgIpc) is 3.33. The molecule has 0 aliphatic carbocycles. The van der Waals surface area contributed by atoms with Crippen LogP contribution in [0.4, 0.5) is 4.39 Å². The summed E-state index contributed by atoms with van der Waals surface area (Å²) in [6, 6.07) is 10.4. The summed E-state index contributed by atoms with van der Waals surface area (Å²) < 4.78 is 18.8. The molecule has 1 aliphatic heterocycles. The van der Waals surface area contributed by atoms with Crippen molar-refractivity contribution in [2.45, 2.75) is 19.8 Å². The number of benzene rings is 1. The summed E-state index contributed by atoms with van der Waals surface area (Å²) in [5.41, 5.74) is 2.85. The van der Waals surface area contributed by atoms with Gasteiger partial charge in [0.2, 0.25) is 11.8 Å². The molecule has 4 nitrogen and oxygen atoms in total. The Labute approximate surface area is 161 Å². The van der Waals surface area contributed by atoms with Gasteiger partial charge in [0.15, 0.2) is 0 Å². The van der Waals surface area contributed by atoms with E-state index in [1.54, 1.807) is 23.5 Å². The van der Waals surface area contributed by atoms with Crippen molar-refractivity contribution in [1.29, 1.82) is 0 Å². The third kappa shape index (κ3) is 3.85. The summed E-state index contributed by atoms with van der Waals surface area (Å²) in [6.45, 7) is 3.05. The predicted molar refractivity (Wildman–Crippen MR) is 104 cm³/mol. The first-order chi connectivity index (χ1) is 13.1. The first-order valence-electron chi connectivity index (χ1n) is 8.83. The molecule has 27 heavy (non-hydrogen) atoms. The van der Waals surface area contributed by atoms with Crippen LogP contribution in [0.2, 0.25) is 0 Å². The number of aromatic nitrogens is 1. The van der Waals surface area contributed by atoms with Crippen LogP contribution in [-0.2, 0) is 11.2 Å². The number of carbonyl (C=O) groups is 1. The Morgan fingerprint density at radius 2 is 2.11 bits per heavy atom. The number of aryl methyl sites for hydroxylation is 1. The number of thiophene rings is 1. The fraction of sp³-hybridized carbons (Fsp3) is 0.238. The van der Waals surface area contributed by atoms with Crippen molar-refractivity contribution in [3.63, 3.8) is 0 Å². The van der Waals surface area contributed by atoms with Crippen molar-refractivity contribution in [3.05, 3.63) is 70.7 Å². The highest BCUT2D eigenvalue weighted by Gasteiger charge is 2.21. The summed E-state index contributed by atoms with van der Waals surface area (Å²) in [6.07, 6.45) is 3.04. The number of amides is 1. The van der Waals surface area contributed by atoms with E-state index in [4.69, 9.17) is 4.42 Å². The maximum atomic E-state index is 13.1. The molecule has 6 heteroatoms. The summed E-state index contributed by atoms with van der Waals surface area (Å²) in [7, 11) is 0. The Kier molecular flexibility index (Phi) is 4.90. The molecule has 0 radical (unpaired) electrons. The molecule has 0 unspecified atom stereocenters. The first-order valence-corrected chi connectivity index (χ1v) is 9.71. The molecule has 0 saturated carbocycles. The standard InChI is InChI=1S/C21H19FN2O2S/c1-14-18(23-21(26-14)19-3-2-12-27-19)13-20(25)24-10-8-16(9-11-24)15-4-6-17(22)7-5-15/h2-8,12H,9-11,13H2,1H3. The lowest BCUT2D eigenvalue weighted by molar-refractivity contribution is -0.130. The van der Waals surface area contributed by atoms with Gasteiger partial charge < -0.3 is 9.32 Å². The molecular formula is C21H19FN2O2S. The molecule has 0 N–H and O–H groups in total. The Hall–Kier alpha value is -2.73. The highest BCUT2D eigenvalue weighted by Crippen LogP contribution is 2.27. The Morgan fingerprint density at radius 3 is 2.78 bits per heavy atom. The molecule has 138 valence electrons. The van der Waals surface area contributed by atoms with Gasteiger partial charge in [0, 0.05) is 13.1 Å². The zero-order chi connectivity index (χ0) is 18.8. The quantitative estimate of drug-likeness (QED) is 0.657. The van der Waals surface area contributed by atoms with Crippen LogP contribution in [0.3, 0.4) is 0 Å². The molecule has 0 atom stereocenters. The van der Waals surface area contributed by atoms with Gasteiger partial charge in [0.1, 0.15) is 11.6 Å². The topological polar surface area (TPSA) is 46.3 Å². The Balaban J connectivity index is 1.42. The third-order valence-electron chi connectivity index (χ3n) is 4.72. The summed E-state index contributed by atoms with van der Waals surface area (Å²) in [5, 5.41) is 1.97. The number of rotatable bonds is 4. The molecule has 0 saturated heterocycles. The molecule has 0 spiro atoms. The third-order valence-corrected chi connectivity index (χ3v) is 5.58. The predicted octanol–water partition coefficient (Wildman–Crippen LogP) is 4.71. The number of oxazole rings is 1. The minimum Gasteiger partial charge on any atom is -0.440 e. The van der Waals surface area contributed by atoms with Crippen LogP contribution in [0, 0.1) is 12.7 Å². The minimum absolute atomic E-state index is 0.0403. The van der Waals surface area contributed by atoms with E-state index in [9.17, 15) is 9.18 Å². The maximum absolute atomic E-state index is 13.1. The van der Waals surface area contributed by atoms with Crippen molar-refractivity contribution in [1.82, 2.24) is 9.88 Å². The molecule has 3 heterocycles. The van der Waals surface area contributed by atoms with Gasteiger partial charge in [-0.2, -0.15) is 0 Å². The molecular weight excluding hydrogens is 363 g/mol. The Bertz CT molecular complexity index is 974. The fourth-order valence-corrected chi connectivity index (χ4v) is 3.82. The van der Waals surface area contributed by atoms with Crippen LogP contribution in [0.25, 0.3) is 16.3 Å². The SMILES string of the molecule is Cc1oc(-c2cccs2)nc1CC(=O)N1CC=C(c2ccc(F)cc2)CC1. The van der Waals surface area contributed by atoms with Gasteiger partial charge in [-0.3, -0.25) is 4.79 Å². The van der Waals surface area contributed by atoms with Gasteiger partial charge in [0.05, 0.1) is 17.0 Å². The largest absolute Gasteiger partial charge is 0.440 e. The number of hydrogen-bond donors (Lipinski definition) is 0. The average molecular weight is 382 g/mol. The van der Waals surface area contributed by atoms with E-state index < -0.39 is 0 Å². The molecule has 1 aromatic carbocycles. The molecule has 1 amide bonds. The molecule has 4 rings (SSSR count). The monoisotopic (exact) mass is 382 g/mol. The minimum atomic E-state index is -0.239. The van der Waals surface area contributed by atoms with E-state index in [0.29, 0.717) is 30.4 Å². The fourth-order valence-electron chi connectivity index (χ4n) is 3.17. The van der Waals surface area contributed by atoms with E-state index in [2.05, 4.69) is 4.98 Å². The second kappa shape index (κ2) is 7.48. The zero-order valence-electron chi connectivity index (χ0n) is 14.9. The Morgan fingerprint density at radius 1 is 1.30 bits per heavy atom. The van der Waals surface area contributed by atoms with Crippen LogP contribution < -0.4 is 0 Å². The summed E-state index contributed by atoms with van der Waals surface area (Å²) in [5.74, 6) is 1.06. The molecule has 0 fully saturated rings. The molecule has 3 aromatic rings. The normalized spacial score (nSPS) is 14.3. The molecule has 2 aromatic heterocycles. The lowest BCUT2D eigenvalue weighted by Gasteiger charge is -2.26. The second-order valence-electron chi connectivity index (χ2n) is 6.50. The summed E-state index contributed by atoms with van der Waals surface area (Å²) in [4.78, 5) is 20.0. The lowest BCUT2D eigenvalue weighted by atomic mass is 9.99. The number of nitrogens with zero attached hydrogens (tertiary/aromatic N) is 2. The van der Waals surface area contributed by atoms with Crippen molar-refractivity contribution in [2.75, 3.05) is 13.1 Å². The zero-order valence-corrected chi connectivity index (χ0v) is 15.8. The van der Waals surface area contributed by atoms with Crippen LogP contribution in [0.1, 0.15) is 23.4 Å². The van der Waals surface area contributed by atoms with Gasteiger partial charge >= 0.3 is 0 Å². The van der Waals surface area contributed by atoms with Crippen molar-refractivity contribution in [3.8, 4) is 10.8 Å². The van der Waals surface area contributed by atoms with Crippen molar-refractivity contribution < 1.29 is 13.6 Å². The van der Waals surface area contributed by atoms with Crippen molar-refractivity contribution in [2.24, 2.45) is 0 Å². The van der Waals surface area contributed by atoms with E-state index in [-0.39, 0.29) is 18.1 Å². The highest BCUT2D eigenvalue weighted by atomic mass is 32.1. The second-order valence-corrected chi connectivity index (χ2v) is 7.45. The van der Waals surface area contributed by atoms with Gasteiger partial charge in [-0.25, -0.2) is 9.37 Å². The van der Waals surface area contributed by atoms with Crippen LogP contribution in [-0.4, -0.2) is 28.9 Å². The van der Waals surface area contributed by atoms with Gasteiger partial charge in [-0.15, -0.1) is 11.3 Å². The van der Waals surface area contributed by atoms with E-state index >= 15 is 0 Å².